The second-order valence-corrected chi connectivity index (χ2v) is 7.26. The zero-order valence-electron chi connectivity index (χ0n) is 18.1. The van der Waals surface area contributed by atoms with Gasteiger partial charge in [0.2, 0.25) is 0 Å². The van der Waals surface area contributed by atoms with Crippen LogP contribution in [0.2, 0.25) is 0 Å². The van der Waals surface area contributed by atoms with Gasteiger partial charge in [0, 0.05) is 48.7 Å². The van der Waals surface area contributed by atoms with Gasteiger partial charge in [-0.3, -0.25) is 9.78 Å². The number of anilines is 2. The van der Waals surface area contributed by atoms with E-state index in [0.717, 1.165) is 29.9 Å². The van der Waals surface area contributed by atoms with E-state index in [1.54, 1.807) is 38.7 Å². The van der Waals surface area contributed by atoms with Gasteiger partial charge in [-0.25, -0.2) is 9.97 Å². The molecule has 0 aliphatic carbocycles. The van der Waals surface area contributed by atoms with Gasteiger partial charge in [-0.05, 0) is 24.3 Å². The Morgan fingerprint density at radius 3 is 2.66 bits per heavy atom. The van der Waals surface area contributed by atoms with Crippen LogP contribution in [0.3, 0.4) is 0 Å². The van der Waals surface area contributed by atoms with Gasteiger partial charge < -0.3 is 24.8 Å². The van der Waals surface area contributed by atoms with Crippen LogP contribution in [0, 0.1) is 0 Å². The molecule has 32 heavy (non-hydrogen) atoms. The Hall–Kier alpha value is -3.72. The summed E-state index contributed by atoms with van der Waals surface area (Å²) in [6.45, 7) is 2.84. The molecular formula is C23H25N5O4. The molecule has 1 aliphatic heterocycles. The third-order valence-corrected chi connectivity index (χ3v) is 5.32. The molecule has 0 saturated carbocycles. The molecule has 9 nitrogen and oxygen atoms in total. The van der Waals surface area contributed by atoms with Gasteiger partial charge in [0.1, 0.15) is 5.69 Å². The summed E-state index contributed by atoms with van der Waals surface area (Å²) in [4.78, 5) is 28.3. The first-order valence-corrected chi connectivity index (χ1v) is 10.2. The number of hydrogen-bond donors (Lipinski definition) is 1. The molecule has 1 saturated heterocycles. The summed E-state index contributed by atoms with van der Waals surface area (Å²) in [7, 11) is 3.13. The maximum atomic E-state index is 13.2. The number of pyridine rings is 1. The van der Waals surface area contributed by atoms with Crippen LogP contribution < -0.4 is 20.1 Å². The normalized spacial score (nSPS) is 13.6. The highest BCUT2D eigenvalue weighted by Crippen LogP contribution is 2.32. The highest BCUT2D eigenvalue weighted by Gasteiger charge is 2.20. The minimum Gasteiger partial charge on any atom is -0.493 e. The number of nitrogen functional groups attached to an aromatic ring is 1. The summed E-state index contributed by atoms with van der Waals surface area (Å²) >= 11 is 0. The highest BCUT2D eigenvalue weighted by atomic mass is 16.5. The Morgan fingerprint density at radius 2 is 1.91 bits per heavy atom. The molecule has 3 aromatic rings. The predicted molar refractivity (Wildman–Crippen MR) is 120 cm³/mol. The van der Waals surface area contributed by atoms with Gasteiger partial charge in [0.15, 0.2) is 23.1 Å². The Morgan fingerprint density at radius 1 is 1.12 bits per heavy atom. The van der Waals surface area contributed by atoms with Crippen molar-refractivity contribution in [2.24, 2.45) is 0 Å². The van der Waals surface area contributed by atoms with Gasteiger partial charge in [-0.1, -0.05) is 0 Å². The zero-order chi connectivity index (χ0) is 22.5. The lowest BCUT2D eigenvalue weighted by molar-refractivity contribution is 0.0988. The largest absolute Gasteiger partial charge is 0.493 e. The molecule has 2 aromatic heterocycles. The minimum absolute atomic E-state index is 0.0936. The Kier molecular flexibility index (Phi) is 6.46. The summed E-state index contributed by atoms with van der Waals surface area (Å²) in [5, 5.41) is 0. The molecule has 1 fully saturated rings. The van der Waals surface area contributed by atoms with Crippen LogP contribution in [0.5, 0.6) is 11.5 Å². The van der Waals surface area contributed by atoms with E-state index in [2.05, 4.69) is 19.9 Å². The Labute approximate surface area is 186 Å². The standard InChI is InChI=1S/C23H25N5O4/c1-30-20-4-3-15(12-21(20)31-2)17-14-26-23(24)22(27-17)19(29)11-16-13-25-6-5-18(16)28-7-9-32-10-8-28/h3-6,12-14H,7-11H2,1-2H3,(H2,24,26). The molecule has 2 N–H and O–H groups in total. The summed E-state index contributed by atoms with van der Waals surface area (Å²) in [6.07, 6.45) is 5.10. The van der Waals surface area contributed by atoms with Crippen molar-refractivity contribution in [1.29, 1.82) is 0 Å². The summed E-state index contributed by atoms with van der Waals surface area (Å²) in [6, 6.07) is 7.30. The molecule has 0 unspecified atom stereocenters. The van der Waals surface area contributed by atoms with Crippen LogP contribution in [-0.4, -0.2) is 61.3 Å². The van der Waals surface area contributed by atoms with Gasteiger partial charge in [-0.15, -0.1) is 0 Å². The molecule has 166 valence electrons. The number of nitrogens with two attached hydrogens (primary N) is 1. The first-order valence-electron chi connectivity index (χ1n) is 10.2. The first kappa shape index (κ1) is 21.5. The molecule has 0 bridgehead atoms. The molecular weight excluding hydrogens is 410 g/mol. The lowest BCUT2D eigenvalue weighted by atomic mass is 10.1. The Balaban J connectivity index is 1.62. The number of methoxy groups -OCH3 is 2. The number of ketones is 1. The second-order valence-electron chi connectivity index (χ2n) is 7.26. The molecule has 0 radical (unpaired) electrons. The molecule has 1 aromatic carbocycles. The van der Waals surface area contributed by atoms with Crippen molar-refractivity contribution in [3.8, 4) is 22.8 Å². The van der Waals surface area contributed by atoms with Crippen LogP contribution in [0.15, 0.2) is 42.9 Å². The van der Waals surface area contributed by atoms with Crippen molar-refractivity contribution in [3.63, 3.8) is 0 Å². The van der Waals surface area contributed by atoms with Crippen molar-refractivity contribution < 1.29 is 19.0 Å². The fourth-order valence-corrected chi connectivity index (χ4v) is 3.66. The molecule has 0 amide bonds. The smallest absolute Gasteiger partial charge is 0.189 e. The number of nitrogens with zero attached hydrogens (tertiary/aromatic N) is 4. The average molecular weight is 435 g/mol. The fraction of sp³-hybridized carbons (Fsp3) is 0.304. The fourth-order valence-electron chi connectivity index (χ4n) is 3.66. The molecule has 4 rings (SSSR count). The number of ether oxygens (including phenoxy) is 3. The second kappa shape index (κ2) is 9.61. The van der Waals surface area contributed by atoms with Gasteiger partial charge in [-0.2, -0.15) is 0 Å². The molecule has 0 atom stereocenters. The zero-order valence-corrected chi connectivity index (χ0v) is 18.1. The predicted octanol–water partition coefficient (Wildman–Crippen LogP) is 2.40. The minimum atomic E-state index is -0.222. The maximum absolute atomic E-state index is 13.2. The van der Waals surface area contributed by atoms with Crippen LogP contribution in [0.4, 0.5) is 11.5 Å². The summed E-state index contributed by atoms with van der Waals surface area (Å²) in [5.41, 5.74) is 9.20. The monoisotopic (exact) mass is 435 g/mol. The summed E-state index contributed by atoms with van der Waals surface area (Å²) in [5.74, 6) is 1.03. The third kappa shape index (κ3) is 4.47. The van der Waals surface area contributed by atoms with Gasteiger partial charge >= 0.3 is 0 Å². The number of morpholine rings is 1. The first-order chi connectivity index (χ1) is 15.6. The van der Waals surface area contributed by atoms with Crippen LogP contribution >= 0.6 is 0 Å². The Bertz CT molecular complexity index is 1120. The lowest BCUT2D eigenvalue weighted by Gasteiger charge is -2.30. The topological polar surface area (TPSA) is 113 Å². The van der Waals surface area contributed by atoms with Crippen molar-refractivity contribution in [1.82, 2.24) is 15.0 Å². The number of aromatic nitrogens is 3. The van der Waals surface area contributed by atoms with E-state index >= 15 is 0 Å². The maximum Gasteiger partial charge on any atom is 0.189 e. The van der Waals surface area contributed by atoms with E-state index in [1.807, 2.05) is 12.1 Å². The summed E-state index contributed by atoms with van der Waals surface area (Å²) < 4.78 is 16.1. The van der Waals surface area contributed by atoms with E-state index in [1.165, 1.54) is 6.20 Å². The van der Waals surface area contributed by atoms with Crippen molar-refractivity contribution in [3.05, 3.63) is 54.1 Å². The number of carbonyl (C=O) groups is 1. The average Bonchev–Trinajstić information content (AvgIpc) is 2.84. The number of carbonyl (C=O) groups excluding carboxylic acids is 1. The van der Waals surface area contributed by atoms with Crippen molar-refractivity contribution in [2.75, 3.05) is 51.2 Å². The number of Topliss-reactive ketones (excluding diaryl/α,β-unsaturated/α-hetero) is 1. The number of hydrogen-bond acceptors (Lipinski definition) is 9. The van der Waals surface area contributed by atoms with Crippen molar-refractivity contribution >= 4 is 17.3 Å². The van der Waals surface area contributed by atoms with Crippen LogP contribution in [0.1, 0.15) is 16.1 Å². The number of benzene rings is 1. The van der Waals surface area contributed by atoms with Crippen molar-refractivity contribution in [2.45, 2.75) is 6.42 Å². The van der Waals surface area contributed by atoms with Crippen LogP contribution in [0.25, 0.3) is 11.3 Å². The van der Waals surface area contributed by atoms with Crippen LogP contribution in [-0.2, 0) is 11.2 Å². The molecule has 3 heterocycles. The van der Waals surface area contributed by atoms with Gasteiger partial charge in [0.05, 0.1) is 39.3 Å². The number of rotatable bonds is 7. The molecule has 0 spiro atoms. The van der Waals surface area contributed by atoms with E-state index in [4.69, 9.17) is 19.9 Å². The highest BCUT2D eigenvalue weighted by molar-refractivity contribution is 6.00. The van der Waals surface area contributed by atoms with E-state index in [9.17, 15) is 4.79 Å². The molecule has 1 aliphatic rings. The van der Waals surface area contributed by atoms with E-state index in [-0.39, 0.29) is 23.7 Å². The van der Waals surface area contributed by atoms with E-state index in [0.29, 0.717) is 30.4 Å². The van der Waals surface area contributed by atoms with E-state index < -0.39 is 0 Å². The van der Waals surface area contributed by atoms with Gasteiger partial charge in [0.25, 0.3) is 0 Å². The quantitative estimate of drug-likeness (QED) is 0.559. The molecule has 9 heteroatoms. The SMILES string of the molecule is COc1ccc(-c2cnc(N)c(C(=O)Cc3cnccc3N3CCOCC3)n2)cc1OC. The third-order valence-electron chi connectivity index (χ3n) is 5.32. The lowest BCUT2D eigenvalue weighted by Crippen LogP contribution is -2.37.